The summed E-state index contributed by atoms with van der Waals surface area (Å²) in [5.41, 5.74) is 0.964. The van der Waals surface area contributed by atoms with Crippen molar-refractivity contribution >= 4 is 56.8 Å². The smallest absolute Gasteiger partial charge is 0.175 e. The minimum Gasteiger partial charge on any atom is -0.393 e. The number of ketones is 1. The van der Waals surface area contributed by atoms with E-state index in [0.29, 0.717) is 24.9 Å². The first-order chi connectivity index (χ1) is 21.1. The molecule has 3 saturated carbocycles. The van der Waals surface area contributed by atoms with E-state index in [1.54, 1.807) is 18.3 Å². The first-order valence-electron chi connectivity index (χ1n) is 15.4. The first-order valence-corrected chi connectivity index (χ1v) is 17.2. The fraction of sp³-hybridized carbons (Fsp3) is 0.500. The Bertz CT molecular complexity index is 1660. The van der Waals surface area contributed by atoms with Gasteiger partial charge in [-0.1, -0.05) is 42.5 Å². The lowest BCUT2D eigenvalue weighted by molar-refractivity contribution is -0.178. The van der Waals surface area contributed by atoms with Crippen molar-refractivity contribution < 1.29 is 19.4 Å². The fourth-order valence-electron chi connectivity index (χ4n) is 9.27. The molecule has 8 unspecified atom stereocenters. The van der Waals surface area contributed by atoms with E-state index in [1.165, 1.54) is 47.0 Å². The van der Waals surface area contributed by atoms with Gasteiger partial charge in [-0.2, -0.15) is 0 Å². The number of carbonyl (C=O) groups excluding carboxylic acids is 1. The highest BCUT2D eigenvalue weighted by molar-refractivity contribution is 8.01. The molecule has 230 valence electrons. The Kier molecular flexibility index (Phi) is 7.43. The quantitative estimate of drug-likeness (QED) is 0.203. The summed E-state index contributed by atoms with van der Waals surface area (Å²) < 4.78 is 14.2. The van der Waals surface area contributed by atoms with Crippen molar-refractivity contribution in [1.82, 2.24) is 9.97 Å². The number of aromatic nitrogens is 2. The number of nitrogens with zero attached hydrogens (tertiary/aromatic N) is 3. The van der Waals surface area contributed by atoms with E-state index in [9.17, 15) is 19.4 Å². The number of rotatable bonds is 6. The molecule has 1 aromatic carbocycles. The summed E-state index contributed by atoms with van der Waals surface area (Å²) in [5.74, 6) is -0.331. The molecular weight excluding hydrogens is 596 g/mol. The van der Waals surface area contributed by atoms with Crippen LogP contribution in [0.3, 0.4) is 0 Å². The second-order valence-electron chi connectivity index (χ2n) is 13.5. The zero-order valence-corrected chi connectivity index (χ0v) is 26.5. The molecule has 3 N–H and O–H groups in total. The van der Waals surface area contributed by atoms with Gasteiger partial charge in [0.2, 0.25) is 0 Å². The molecule has 2 aromatic heterocycles. The topological polar surface area (TPSA) is 120 Å². The van der Waals surface area contributed by atoms with Crippen LogP contribution >= 0.6 is 23.1 Å². The van der Waals surface area contributed by atoms with Crippen LogP contribution < -0.4 is 0 Å². The van der Waals surface area contributed by atoms with Gasteiger partial charge in [0.1, 0.15) is 21.8 Å². The predicted molar refractivity (Wildman–Crippen MR) is 172 cm³/mol. The van der Waals surface area contributed by atoms with Gasteiger partial charge in [-0.3, -0.25) is 9.79 Å². The second-order valence-corrected chi connectivity index (χ2v) is 15.7. The van der Waals surface area contributed by atoms with E-state index in [-0.39, 0.29) is 46.4 Å². The highest BCUT2D eigenvalue weighted by Gasteiger charge is 2.68. The van der Waals surface area contributed by atoms with Crippen molar-refractivity contribution in [2.75, 3.05) is 5.75 Å². The molecule has 0 aliphatic heterocycles. The Morgan fingerprint density at radius 2 is 2.02 bits per heavy atom. The van der Waals surface area contributed by atoms with Crippen LogP contribution in [0, 0.1) is 45.7 Å². The highest BCUT2D eigenvalue weighted by atomic mass is 32.2. The van der Waals surface area contributed by atoms with E-state index < -0.39 is 17.1 Å². The fourth-order valence-corrected chi connectivity index (χ4v) is 11.2. The molecule has 10 heteroatoms. The molecule has 2 heterocycles. The highest BCUT2D eigenvalue weighted by Crippen LogP contribution is 2.68. The number of nitrogens with one attached hydrogen (secondary N) is 1. The minimum atomic E-state index is -1.50. The van der Waals surface area contributed by atoms with Crippen molar-refractivity contribution in [3.05, 3.63) is 60.1 Å². The number of allylic oxidation sites excluding steroid dienone is 2. The van der Waals surface area contributed by atoms with Crippen LogP contribution in [-0.4, -0.2) is 55.3 Å². The zero-order chi connectivity index (χ0) is 30.9. The summed E-state index contributed by atoms with van der Waals surface area (Å²) in [6, 6.07) is 9.83. The number of hydrogen-bond donors (Lipinski definition) is 3. The van der Waals surface area contributed by atoms with E-state index in [4.69, 9.17) is 10.4 Å². The van der Waals surface area contributed by atoms with E-state index in [2.05, 4.69) is 23.0 Å². The molecule has 3 fully saturated rings. The number of aliphatic imine (C=N–C) groups is 1. The van der Waals surface area contributed by atoms with Gasteiger partial charge in [0.25, 0.3) is 0 Å². The number of thiazole rings is 1. The maximum atomic E-state index is 13.8. The lowest BCUT2D eigenvalue weighted by Crippen LogP contribution is -2.62. The first kappa shape index (κ1) is 29.9. The third-order valence-corrected chi connectivity index (χ3v) is 13.5. The van der Waals surface area contributed by atoms with Crippen LogP contribution in [-0.2, 0) is 4.79 Å². The number of Topliss-reactive ketones (excluding diaryl/α,β-unsaturated/α-hetero) is 1. The molecule has 8 atom stereocenters. The van der Waals surface area contributed by atoms with E-state index in [1.807, 2.05) is 19.1 Å². The van der Waals surface area contributed by atoms with Gasteiger partial charge < -0.3 is 15.6 Å². The molecule has 4 aliphatic carbocycles. The number of aliphatic hydroxyl groups is 2. The Balaban J connectivity index is 1.13. The molecule has 0 radical (unpaired) electrons. The van der Waals surface area contributed by atoms with Crippen molar-refractivity contribution in [3.63, 3.8) is 0 Å². The number of halogens is 1. The maximum absolute atomic E-state index is 13.8. The molecule has 44 heavy (non-hydrogen) atoms. The standard InChI is InChI=1S/C34H37FN4O3S2/c1-32-15-19(17-36)26(38-22-8-6-21(35)7-9-22)14-20(32)5-10-23-24-11-12-34(42,33(24,2)16-27(40)29(23)32)28(41)18-43-31-39-25-4-3-13-37-30(25)44-31/h3-4,6-9,13-14,17,19,23-24,27,29,36,40,42H,5,10-12,15-16,18H2,1-2H3. The van der Waals surface area contributed by atoms with Crippen molar-refractivity contribution in [2.45, 2.75) is 68.4 Å². The summed E-state index contributed by atoms with van der Waals surface area (Å²) in [7, 11) is 0. The summed E-state index contributed by atoms with van der Waals surface area (Å²) in [6.45, 7) is 4.25. The SMILES string of the molecule is CC12CC(C=N)C(=Nc3ccc(F)cc3)C=C1CCC1C2C(O)CC2(C)C1CCC2(O)C(=O)CSc1nc2cccnc2s1. The largest absolute Gasteiger partial charge is 0.393 e. The average molecular weight is 633 g/mol. The van der Waals surface area contributed by atoms with Gasteiger partial charge in [-0.15, -0.1) is 0 Å². The molecule has 0 spiro atoms. The van der Waals surface area contributed by atoms with Gasteiger partial charge >= 0.3 is 0 Å². The number of benzene rings is 1. The summed E-state index contributed by atoms with van der Waals surface area (Å²) >= 11 is 2.81. The van der Waals surface area contributed by atoms with Crippen LogP contribution in [0.5, 0.6) is 0 Å². The average Bonchev–Trinajstić information content (AvgIpc) is 3.54. The lowest BCUT2D eigenvalue weighted by atomic mass is 9.45. The normalized spacial score (nSPS) is 37.2. The summed E-state index contributed by atoms with van der Waals surface area (Å²) in [6.07, 6.45) is 8.51. The third-order valence-electron chi connectivity index (χ3n) is 11.4. The molecule has 3 aromatic rings. The zero-order valence-electron chi connectivity index (χ0n) is 24.9. The molecule has 0 amide bonds. The van der Waals surface area contributed by atoms with Gasteiger partial charge in [-0.25, -0.2) is 14.4 Å². The molecule has 7 rings (SSSR count). The maximum Gasteiger partial charge on any atom is 0.175 e. The third kappa shape index (κ3) is 4.63. The van der Waals surface area contributed by atoms with Crippen LogP contribution in [0.1, 0.15) is 52.4 Å². The Hall–Kier alpha value is -2.79. The number of pyridine rings is 1. The summed E-state index contributed by atoms with van der Waals surface area (Å²) in [4.78, 5) is 28.4. The molecular formula is C34H37FN4O3S2. The van der Waals surface area contributed by atoms with Gasteiger partial charge in [-0.05, 0) is 104 Å². The number of thioether (sulfide) groups is 1. The monoisotopic (exact) mass is 632 g/mol. The lowest BCUT2D eigenvalue weighted by Gasteiger charge is -2.61. The van der Waals surface area contributed by atoms with Crippen molar-refractivity contribution in [2.24, 2.45) is 39.5 Å². The van der Waals surface area contributed by atoms with E-state index >= 15 is 0 Å². The molecule has 4 aliphatic rings. The van der Waals surface area contributed by atoms with Gasteiger partial charge in [0.05, 0.1) is 17.5 Å². The Morgan fingerprint density at radius 1 is 1.23 bits per heavy atom. The second kappa shape index (κ2) is 10.9. The van der Waals surface area contributed by atoms with Gasteiger partial charge in [0.15, 0.2) is 10.1 Å². The number of hydrogen-bond acceptors (Lipinski definition) is 9. The molecule has 0 saturated heterocycles. The Labute approximate surface area is 264 Å². The number of fused-ring (bicyclic) bond motifs is 6. The molecule has 0 bridgehead atoms. The minimum absolute atomic E-state index is 0.0301. The van der Waals surface area contributed by atoms with E-state index in [0.717, 1.165) is 39.7 Å². The van der Waals surface area contributed by atoms with Crippen molar-refractivity contribution in [3.8, 4) is 0 Å². The Morgan fingerprint density at radius 3 is 2.77 bits per heavy atom. The van der Waals surface area contributed by atoms with Crippen LogP contribution in [0.15, 0.2) is 63.6 Å². The van der Waals surface area contributed by atoms with Crippen LogP contribution in [0.25, 0.3) is 10.3 Å². The van der Waals surface area contributed by atoms with Gasteiger partial charge in [0, 0.05) is 29.5 Å². The number of aliphatic hydroxyl groups excluding tert-OH is 1. The van der Waals surface area contributed by atoms with Crippen LogP contribution in [0.4, 0.5) is 10.1 Å². The van der Waals surface area contributed by atoms with Crippen molar-refractivity contribution in [1.29, 1.82) is 5.41 Å². The summed E-state index contributed by atoms with van der Waals surface area (Å²) in [5, 5.41) is 32.3. The predicted octanol–water partition coefficient (Wildman–Crippen LogP) is 6.80. The van der Waals surface area contributed by atoms with Crippen LogP contribution in [0.2, 0.25) is 0 Å². The molecule has 7 nitrogen and oxygen atoms in total. The number of carbonyl (C=O) groups is 1.